The lowest BCUT2D eigenvalue weighted by Gasteiger charge is -2.34. The van der Waals surface area contributed by atoms with Gasteiger partial charge in [-0.3, -0.25) is 9.80 Å². The molecule has 0 N–H and O–H groups in total. The van der Waals surface area contributed by atoms with Crippen LogP contribution in [0.2, 0.25) is 0 Å². The summed E-state index contributed by atoms with van der Waals surface area (Å²) in [6, 6.07) is 4.80. The highest BCUT2D eigenvalue weighted by Crippen LogP contribution is 2.38. The van der Waals surface area contributed by atoms with E-state index in [1.165, 1.54) is 6.42 Å². The van der Waals surface area contributed by atoms with E-state index in [0.717, 1.165) is 24.3 Å². The number of carbonyl (C=O) groups excluding carboxylic acids is 1. The number of nitrogens with zero attached hydrogens (tertiary/aromatic N) is 3. The van der Waals surface area contributed by atoms with E-state index < -0.39 is 5.60 Å². The Bertz CT molecular complexity index is 593. The van der Waals surface area contributed by atoms with Gasteiger partial charge in [0.25, 0.3) is 0 Å². The van der Waals surface area contributed by atoms with Crippen LogP contribution in [0.3, 0.4) is 0 Å². The Labute approximate surface area is 152 Å². The Balaban J connectivity index is 2.41. The van der Waals surface area contributed by atoms with Crippen molar-refractivity contribution in [3.05, 3.63) is 23.9 Å². The number of aromatic nitrogens is 1. The maximum absolute atomic E-state index is 12.8. The summed E-state index contributed by atoms with van der Waals surface area (Å²) in [6.45, 7) is 15.2. The van der Waals surface area contributed by atoms with Crippen LogP contribution in [0, 0.1) is 0 Å². The second-order valence-corrected chi connectivity index (χ2v) is 8.35. The summed E-state index contributed by atoms with van der Waals surface area (Å²) < 4.78 is 5.64. The fourth-order valence-corrected chi connectivity index (χ4v) is 3.46. The molecule has 140 valence electrons. The predicted molar refractivity (Wildman–Crippen MR) is 102 cm³/mol. The fourth-order valence-electron chi connectivity index (χ4n) is 3.46. The molecule has 0 unspecified atom stereocenters. The molecule has 1 atom stereocenters. The van der Waals surface area contributed by atoms with Crippen LogP contribution in [0.5, 0.6) is 0 Å². The Morgan fingerprint density at radius 3 is 2.56 bits per heavy atom. The van der Waals surface area contributed by atoms with Crippen LogP contribution < -0.4 is 4.90 Å². The van der Waals surface area contributed by atoms with Gasteiger partial charge in [-0.1, -0.05) is 6.07 Å². The molecule has 2 heterocycles. The lowest BCUT2D eigenvalue weighted by atomic mass is 10.0. The summed E-state index contributed by atoms with van der Waals surface area (Å²) in [7, 11) is 0. The average Bonchev–Trinajstić information content (AvgIpc) is 2.95. The summed E-state index contributed by atoms with van der Waals surface area (Å²) in [5.74, 6) is 0.726. The highest BCUT2D eigenvalue weighted by Gasteiger charge is 2.34. The topological polar surface area (TPSA) is 45.7 Å². The van der Waals surface area contributed by atoms with Gasteiger partial charge >= 0.3 is 6.09 Å². The van der Waals surface area contributed by atoms with Crippen LogP contribution in [0.4, 0.5) is 10.6 Å². The molecule has 1 aromatic heterocycles. The summed E-state index contributed by atoms with van der Waals surface area (Å²) in [5.41, 5.74) is 0.588. The minimum Gasteiger partial charge on any atom is -0.443 e. The van der Waals surface area contributed by atoms with Crippen LogP contribution in [0.15, 0.2) is 18.3 Å². The van der Waals surface area contributed by atoms with Gasteiger partial charge in [0.1, 0.15) is 11.4 Å². The van der Waals surface area contributed by atoms with E-state index in [0.29, 0.717) is 12.1 Å². The quantitative estimate of drug-likeness (QED) is 0.786. The van der Waals surface area contributed by atoms with Crippen molar-refractivity contribution in [2.75, 3.05) is 11.4 Å². The highest BCUT2D eigenvalue weighted by molar-refractivity contribution is 5.88. The van der Waals surface area contributed by atoms with Gasteiger partial charge in [0, 0.05) is 29.9 Å². The van der Waals surface area contributed by atoms with E-state index in [-0.39, 0.29) is 12.1 Å². The molecule has 0 saturated carbocycles. The molecule has 1 aromatic rings. The van der Waals surface area contributed by atoms with Crippen LogP contribution in [0.25, 0.3) is 0 Å². The predicted octanol–water partition coefficient (Wildman–Crippen LogP) is 4.78. The first kappa shape index (κ1) is 19.7. The summed E-state index contributed by atoms with van der Waals surface area (Å²) in [5, 5.41) is 0. The van der Waals surface area contributed by atoms with Crippen molar-refractivity contribution in [3.63, 3.8) is 0 Å². The number of carbonyl (C=O) groups is 1. The zero-order chi connectivity index (χ0) is 18.8. The van der Waals surface area contributed by atoms with E-state index in [1.54, 1.807) is 11.1 Å². The van der Waals surface area contributed by atoms with Gasteiger partial charge < -0.3 is 4.74 Å². The third-order valence-electron chi connectivity index (χ3n) is 4.47. The van der Waals surface area contributed by atoms with Crippen molar-refractivity contribution in [2.24, 2.45) is 0 Å². The zero-order valence-electron chi connectivity index (χ0n) is 16.7. The molecular formula is C20H33N3O2. The van der Waals surface area contributed by atoms with E-state index >= 15 is 0 Å². The Morgan fingerprint density at radius 2 is 2.00 bits per heavy atom. The second-order valence-electron chi connectivity index (χ2n) is 8.35. The molecule has 0 radical (unpaired) electrons. The zero-order valence-corrected chi connectivity index (χ0v) is 16.7. The molecule has 5 heteroatoms. The molecule has 5 nitrogen and oxygen atoms in total. The van der Waals surface area contributed by atoms with Crippen LogP contribution in [-0.2, 0) is 4.74 Å². The summed E-state index contributed by atoms with van der Waals surface area (Å²) in [4.78, 5) is 21.6. The molecular weight excluding hydrogens is 314 g/mol. The lowest BCUT2D eigenvalue weighted by molar-refractivity contribution is 0.0568. The molecule has 0 spiro atoms. The molecule has 0 bridgehead atoms. The van der Waals surface area contributed by atoms with Crippen LogP contribution >= 0.6 is 0 Å². The maximum atomic E-state index is 12.8. The van der Waals surface area contributed by atoms with Crippen molar-refractivity contribution < 1.29 is 9.53 Å². The van der Waals surface area contributed by atoms with E-state index in [2.05, 4.69) is 29.8 Å². The number of hydrogen-bond donors (Lipinski definition) is 0. The smallest absolute Gasteiger partial charge is 0.416 e. The first-order valence-electron chi connectivity index (χ1n) is 9.34. The minimum atomic E-state index is -0.531. The number of ether oxygens (including phenoxy) is 1. The van der Waals surface area contributed by atoms with E-state index in [4.69, 9.17) is 4.74 Å². The standard InChI is InChI=1S/C20H33N3O2/c1-14(2)22-13-9-11-17(22)16-10-8-12-21-18(16)23(15(3)4)19(24)25-20(5,6)7/h8,10,12,14-15,17H,9,11,13H2,1-7H3/t17-/m0/s1. The van der Waals surface area contributed by atoms with Gasteiger partial charge in [0.15, 0.2) is 0 Å². The highest BCUT2D eigenvalue weighted by atomic mass is 16.6. The van der Waals surface area contributed by atoms with E-state index in [9.17, 15) is 4.79 Å². The molecule has 0 aliphatic carbocycles. The van der Waals surface area contributed by atoms with Gasteiger partial charge in [-0.15, -0.1) is 0 Å². The number of amides is 1. The maximum Gasteiger partial charge on any atom is 0.416 e. The number of rotatable bonds is 4. The Morgan fingerprint density at radius 1 is 1.32 bits per heavy atom. The average molecular weight is 348 g/mol. The molecule has 25 heavy (non-hydrogen) atoms. The Hall–Kier alpha value is -1.62. The molecule has 1 saturated heterocycles. The fraction of sp³-hybridized carbons (Fsp3) is 0.700. The molecule has 2 rings (SSSR count). The Kier molecular flexibility index (Phi) is 6.09. The second kappa shape index (κ2) is 7.73. The first-order chi connectivity index (χ1) is 11.6. The van der Waals surface area contributed by atoms with Crippen LogP contribution in [-0.4, -0.2) is 40.2 Å². The number of pyridine rings is 1. The van der Waals surface area contributed by atoms with Gasteiger partial charge in [-0.25, -0.2) is 9.78 Å². The van der Waals surface area contributed by atoms with Crippen molar-refractivity contribution >= 4 is 11.9 Å². The minimum absolute atomic E-state index is 0.0302. The molecule has 1 aliphatic rings. The van der Waals surface area contributed by atoms with Gasteiger partial charge in [0.05, 0.1) is 0 Å². The van der Waals surface area contributed by atoms with Crippen molar-refractivity contribution in [1.82, 2.24) is 9.88 Å². The number of likely N-dealkylation sites (tertiary alicyclic amines) is 1. The van der Waals surface area contributed by atoms with Crippen molar-refractivity contribution in [3.8, 4) is 0 Å². The normalized spacial score (nSPS) is 18.8. The molecule has 0 aromatic carbocycles. The van der Waals surface area contributed by atoms with Crippen molar-refractivity contribution in [2.45, 2.75) is 85.0 Å². The van der Waals surface area contributed by atoms with E-state index in [1.807, 2.05) is 40.7 Å². The van der Waals surface area contributed by atoms with Gasteiger partial charge in [-0.2, -0.15) is 0 Å². The third-order valence-corrected chi connectivity index (χ3v) is 4.47. The number of hydrogen-bond acceptors (Lipinski definition) is 4. The molecule has 1 amide bonds. The summed E-state index contributed by atoms with van der Waals surface area (Å²) in [6.07, 6.45) is 3.69. The van der Waals surface area contributed by atoms with Crippen molar-refractivity contribution in [1.29, 1.82) is 0 Å². The first-order valence-corrected chi connectivity index (χ1v) is 9.34. The van der Waals surface area contributed by atoms with Gasteiger partial charge in [-0.05, 0) is 73.9 Å². The van der Waals surface area contributed by atoms with Crippen LogP contribution in [0.1, 0.15) is 72.9 Å². The van der Waals surface area contributed by atoms with Gasteiger partial charge in [0.2, 0.25) is 0 Å². The number of anilines is 1. The molecule has 1 fully saturated rings. The monoisotopic (exact) mass is 347 g/mol. The largest absolute Gasteiger partial charge is 0.443 e. The summed E-state index contributed by atoms with van der Waals surface area (Å²) >= 11 is 0. The molecule has 1 aliphatic heterocycles. The lowest BCUT2D eigenvalue weighted by Crippen LogP contribution is -2.42. The SMILES string of the molecule is CC(C)N(C(=O)OC(C)(C)C)c1ncccc1[C@@H]1CCCN1C(C)C. The third kappa shape index (κ3) is 4.72.